The van der Waals surface area contributed by atoms with Crippen LogP contribution in [0.5, 0.6) is 11.5 Å². The van der Waals surface area contributed by atoms with E-state index in [1.165, 1.54) is 17.3 Å². The molecule has 0 saturated heterocycles. The summed E-state index contributed by atoms with van der Waals surface area (Å²) in [6, 6.07) is 30.8. The second-order valence-corrected chi connectivity index (χ2v) is 14.2. The molecule has 2 heterocycles. The number of allylic oxidation sites excluding steroid dienone is 1. The fraction of sp³-hybridized carbons (Fsp3) is 0.256. The molecule has 0 radical (unpaired) electrons. The lowest BCUT2D eigenvalue weighted by Crippen LogP contribution is -2.29. The maximum Gasteiger partial charge on any atom is 0.338 e. The van der Waals surface area contributed by atoms with E-state index in [9.17, 15) is 4.79 Å². The first-order valence-electron chi connectivity index (χ1n) is 16.0. The SMILES string of the molecule is COc1cc(C2C(C(=O)OCc3ccccc3)=C(C)Nc3nc(SCc4ccccc4Cl)nn32)ccc1OCc1ccc(C(C)(C)C)cc1. The van der Waals surface area contributed by atoms with Crippen molar-refractivity contribution in [3.63, 3.8) is 0 Å². The van der Waals surface area contributed by atoms with E-state index in [1.807, 2.05) is 79.7 Å². The topological polar surface area (TPSA) is 87.5 Å². The summed E-state index contributed by atoms with van der Waals surface area (Å²) in [6.45, 7) is 8.95. The number of halogens is 1. The molecule has 0 aliphatic carbocycles. The minimum Gasteiger partial charge on any atom is -0.493 e. The molecule has 8 nitrogen and oxygen atoms in total. The summed E-state index contributed by atoms with van der Waals surface area (Å²) in [5.74, 6) is 1.77. The average molecular weight is 695 g/mol. The van der Waals surface area contributed by atoms with Crippen molar-refractivity contribution in [1.29, 1.82) is 0 Å². The lowest BCUT2D eigenvalue weighted by molar-refractivity contribution is -0.140. The van der Waals surface area contributed by atoms with Gasteiger partial charge < -0.3 is 19.5 Å². The van der Waals surface area contributed by atoms with Crippen molar-refractivity contribution in [2.75, 3.05) is 12.4 Å². The Morgan fingerprint density at radius 2 is 1.63 bits per heavy atom. The number of ether oxygens (including phenoxy) is 3. The van der Waals surface area contributed by atoms with E-state index < -0.39 is 12.0 Å². The highest BCUT2D eigenvalue weighted by molar-refractivity contribution is 7.98. The number of hydrogen-bond acceptors (Lipinski definition) is 8. The zero-order valence-electron chi connectivity index (χ0n) is 28.2. The van der Waals surface area contributed by atoms with Gasteiger partial charge in [0.1, 0.15) is 19.3 Å². The largest absolute Gasteiger partial charge is 0.493 e. The molecule has 1 atom stereocenters. The van der Waals surface area contributed by atoms with Gasteiger partial charge in [-0.1, -0.05) is 123 Å². The highest BCUT2D eigenvalue weighted by atomic mass is 35.5. The predicted molar refractivity (Wildman–Crippen MR) is 194 cm³/mol. The van der Waals surface area contributed by atoms with Crippen LogP contribution >= 0.6 is 23.4 Å². The summed E-state index contributed by atoms with van der Waals surface area (Å²) in [5, 5.41) is 9.38. The molecule has 1 N–H and O–H groups in total. The molecule has 0 bridgehead atoms. The van der Waals surface area contributed by atoms with Gasteiger partial charge in [0.2, 0.25) is 11.1 Å². The third kappa shape index (κ3) is 7.95. The number of thioether (sulfide) groups is 1. The molecule has 0 spiro atoms. The molecule has 49 heavy (non-hydrogen) atoms. The Labute approximate surface area is 296 Å². The van der Waals surface area contributed by atoms with Crippen molar-refractivity contribution in [2.24, 2.45) is 0 Å². The van der Waals surface area contributed by atoms with Gasteiger partial charge >= 0.3 is 5.97 Å². The Morgan fingerprint density at radius 3 is 2.35 bits per heavy atom. The number of aromatic nitrogens is 3. The van der Waals surface area contributed by atoms with Gasteiger partial charge in [0.15, 0.2) is 11.5 Å². The quantitative estimate of drug-likeness (QED) is 0.108. The summed E-state index contributed by atoms with van der Waals surface area (Å²) in [7, 11) is 1.60. The van der Waals surface area contributed by atoms with E-state index in [1.54, 1.807) is 11.8 Å². The van der Waals surface area contributed by atoms with Crippen molar-refractivity contribution in [3.8, 4) is 11.5 Å². The molecular weight excluding hydrogens is 656 g/mol. The Balaban J connectivity index is 1.29. The molecule has 252 valence electrons. The Bertz CT molecular complexity index is 1970. The van der Waals surface area contributed by atoms with Gasteiger partial charge in [0.25, 0.3) is 0 Å². The first-order chi connectivity index (χ1) is 23.6. The van der Waals surface area contributed by atoms with Crippen LogP contribution in [-0.2, 0) is 33.9 Å². The van der Waals surface area contributed by atoms with Gasteiger partial charge in [-0.25, -0.2) is 9.48 Å². The minimum atomic E-state index is -0.644. The van der Waals surface area contributed by atoms with Gasteiger partial charge in [-0.3, -0.25) is 0 Å². The maximum absolute atomic E-state index is 13.8. The Kier molecular flexibility index (Phi) is 10.3. The number of anilines is 1. The number of nitrogens with one attached hydrogen (secondary N) is 1. The summed E-state index contributed by atoms with van der Waals surface area (Å²) in [6.07, 6.45) is 0. The summed E-state index contributed by atoms with van der Waals surface area (Å²) < 4.78 is 19.6. The first kappa shape index (κ1) is 34.1. The van der Waals surface area contributed by atoms with Crippen LogP contribution in [0.1, 0.15) is 61.6 Å². The monoisotopic (exact) mass is 694 g/mol. The molecule has 10 heteroatoms. The minimum absolute atomic E-state index is 0.0751. The number of esters is 1. The fourth-order valence-electron chi connectivity index (χ4n) is 5.56. The fourth-order valence-corrected chi connectivity index (χ4v) is 6.67. The van der Waals surface area contributed by atoms with Crippen molar-refractivity contribution < 1.29 is 19.0 Å². The van der Waals surface area contributed by atoms with E-state index in [0.717, 1.165) is 22.3 Å². The van der Waals surface area contributed by atoms with Crippen LogP contribution in [0.3, 0.4) is 0 Å². The summed E-state index contributed by atoms with van der Waals surface area (Å²) >= 11 is 7.88. The number of nitrogens with zero attached hydrogens (tertiary/aromatic N) is 3. The van der Waals surface area contributed by atoms with E-state index in [2.05, 4.69) is 50.4 Å². The number of benzene rings is 4. The highest BCUT2D eigenvalue weighted by Gasteiger charge is 2.36. The molecule has 0 fully saturated rings. The first-order valence-corrected chi connectivity index (χ1v) is 17.4. The highest BCUT2D eigenvalue weighted by Crippen LogP contribution is 2.40. The summed E-state index contributed by atoms with van der Waals surface area (Å²) in [4.78, 5) is 18.6. The predicted octanol–water partition coefficient (Wildman–Crippen LogP) is 9.14. The van der Waals surface area contributed by atoms with E-state index in [-0.39, 0.29) is 12.0 Å². The Hall–Kier alpha value is -4.73. The summed E-state index contributed by atoms with van der Waals surface area (Å²) in [5.41, 5.74) is 6.08. The normalized spacial score (nSPS) is 14.2. The number of rotatable bonds is 11. The van der Waals surface area contributed by atoms with E-state index in [0.29, 0.717) is 51.3 Å². The second-order valence-electron chi connectivity index (χ2n) is 12.8. The van der Waals surface area contributed by atoms with Crippen molar-refractivity contribution in [2.45, 2.75) is 63.3 Å². The van der Waals surface area contributed by atoms with Gasteiger partial charge in [-0.05, 0) is 58.4 Å². The molecule has 6 rings (SSSR count). The van der Waals surface area contributed by atoms with E-state index >= 15 is 0 Å². The van der Waals surface area contributed by atoms with Crippen LogP contribution in [0.4, 0.5) is 5.95 Å². The molecule has 5 aromatic rings. The van der Waals surface area contributed by atoms with Crippen molar-refractivity contribution >= 4 is 35.3 Å². The third-order valence-electron chi connectivity index (χ3n) is 8.30. The van der Waals surface area contributed by atoms with Gasteiger partial charge in [0.05, 0.1) is 12.7 Å². The number of carbonyl (C=O) groups is 1. The molecule has 1 aliphatic rings. The molecule has 1 aromatic heterocycles. The van der Waals surface area contributed by atoms with Crippen molar-refractivity contribution in [1.82, 2.24) is 14.8 Å². The molecular formula is C39H39ClN4O4S. The molecule has 1 aliphatic heterocycles. The van der Waals surface area contributed by atoms with E-state index in [4.69, 9.17) is 35.9 Å². The molecule has 0 saturated carbocycles. The van der Waals surface area contributed by atoms with Crippen LogP contribution in [0.15, 0.2) is 113 Å². The maximum atomic E-state index is 13.8. The second kappa shape index (κ2) is 14.8. The number of fused-ring (bicyclic) bond motifs is 1. The van der Waals surface area contributed by atoms with Crippen molar-refractivity contribution in [3.05, 3.63) is 141 Å². The third-order valence-corrected chi connectivity index (χ3v) is 9.55. The van der Waals surface area contributed by atoms with Gasteiger partial charge in [-0.2, -0.15) is 4.98 Å². The Morgan fingerprint density at radius 1 is 0.918 bits per heavy atom. The zero-order chi connectivity index (χ0) is 34.5. The van der Waals surface area contributed by atoms with Gasteiger partial charge in [0, 0.05) is 16.5 Å². The number of carbonyl (C=O) groups excluding carboxylic acids is 1. The number of methoxy groups -OCH3 is 1. The van der Waals surface area contributed by atoms with Crippen LogP contribution in [-0.4, -0.2) is 27.8 Å². The van der Waals surface area contributed by atoms with Crippen LogP contribution in [0, 0.1) is 0 Å². The molecule has 0 amide bonds. The molecule has 4 aromatic carbocycles. The standard InChI is InChI=1S/C39H39ClN4O4S/c1-25-34(36(45)48-23-26-11-7-6-8-12-26)35(44-37(41-25)42-38(43-44)49-24-29-13-9-10-14-31(29)40)28-17-20-32(33(21-28)46-5)47-22-27-15-18-30(19-16-27)39(2,3)4/h6-21,35H,22-24H2,1-5H3,(H,41,42,43). The van der Waals surface area contributed by atoms with Crippen LogP contribution in [0.25, 0.3) is 0 Å². The van der Waals surface area contributed by atoms with Crippen LogP contribution < -0.4 is 14.8 Å². The van der Waals surface area contributed by atoms with Crippen LogP contribution in [0.2, 0.25) is 5.02 Å². The zero-order valence-corrected chi connectivity index (χ0v) is 29.8. The number of hydrogen-bond donors (Lipinski definition) is 1. The lowest BCUT2D eigenvalue weighted by atomic mass is 9.87. The average Bonchev–Trinajstić information content (AvgIpc) is 3.51. The molecule has 1 unspecified atom stereocenters. The lowest BCUT2D eigenvalue weighted by Gasteiger charge is -2.28. The van der Waals surface area contributed by atoms with Gasteiger partial charge in [-0.15, -0.1) is 5.10 Å². The smallest absolute Gasteiger partial charge is 0.338 e.